The molecule has 0 aromatic heterocycles. The van der Waals surface area contributed by atoms with Crippen LogP contribution >= 0.6 is 0 Å². The second-order valence-corrected chi connectivity index (χ2v) is 2.93. The van der Waals surface area contributed by atoms with Gasteiger partial charge in [-0.05, 0) is 13.8 Å². The fourth-order valence-electron chi connectivity index (χ4n) is 0.277. The second-order valence-electron chi connectivity index (χ2n) is 2.93. The van der Waals surface area contributed by atoms with E-state index in [9.17, 15) is 0 Å². The Balaban J connectivity index is -0.000000219. The van der Waals surface area contributed by atoms with Crippen LogP contribution in [0.25, 0.3) is 0 Å². The van der Waals surface area contributed by atoms with E-state index in [4.69, 9.17) is 39.8 Å². The van der Waals surface area contributed by atoms with Crippen molar-refractivity contribution in [3.8, 4) is 0 Å². The van der Waals surface area contributed by atoms with Crippen molar-refractivity contribution in [3.63, 3.8) is 0 Å². The van der Waals surface area contributed by atoms with Gasteiger partial charge in [-0.1, -0.05) is 5.16 Å². The van der Waals surface area contributed by atoms with Crippen LogP contribution in [0.1, 0.15) is 20.3 Å². The van der Waals surface area contributed by atoms with Crippen molar-refractivity contribution in [2.24, 2.45) is 60.9 Å². The van der Waals surface area contributed by atoms with Crippen molar-refractivity contribution in [2.75, 3.05) is 0 Å². The Bertz CT molecular complexity index is 292. The third-order valence-corrected chi connectivity index (χ3v) is 1.06. The van der Waals surface area contributed by atoms with Crippen LogP contribution in [0.2, 0.25) is 0 Å². The Morgan fingerprint density at radius 2 is 1.05 bits per heavy atom. The smallest absolute Gasteiger partial charge is 0.135 e. The third kappa shape index (κ3) is 31.3. The molecule has 0 bridgehead atoms. The highest BCUT2D eigenvalue weighted by Crippen LogP contribution is 1.75. The summed E-state index contributed by atoms with van der Waals surface area (Å²) in [6, 6.07) is 0. The number of hydrazone groups is 3. The van der Waals surface area contributed by atoms with Gasteiger partial charge in [0.1, 0.15) is 23.3 Å². The highest BCUT2D eigenvalue weighted by molar-refractivity contribution is 6.00. The van der Waals surface area contributed by atoms with Crippen molar-refractivity contribution < 1.29 is 5.21 Å². The van der Waals surface area contributed by atoms with E-state index in [-0.39, 0.29) is 23.9 Å². The molecule has 0 aromatic rings. The molecule has 112 valence electrons. The molecule has 15 N–H and O–H groups in total. The largest absolute Gasteiger partial charge is 0.409 e. The first-order valence-electron chi connectivity index (χ1n) is 4.73. The molecule has 0 aromatic carbocycles. The summed E-state index contributed by atoms with van der Waals surface area (Å²) in [6.07, 6.45) is 0.215. The molecule has 0 aliphatic carbocycles. The van der Waals surface area contributed by atoms with E-state index in [0.29, 0.717) is 5.84 Å². The molecule has 0 atom stereocenters. The molecule has 0 radical (unpaired) electrons. The molecule has 0 heterocycles. The van der Waals surface area contributed by atoms with Crippen molar-refractivity contribution in [1.29, 1.82) is 0 Å². The molecule has 12 heteroatoms. The summed E-state index contributed by atoms with van der Waals surface area (Å²) in [5.41, 5.74) is 20.0. The van der Waals surface area contributed by atoms with E-state index in [1.54, 1.807) is 6.92 Å². The van der Waals surface area contributed by atoms with Crippen LogP contribution in [-0.2, 0) is 0 Å². The lowest BCUT2D eigenvalue weighted by atomic mass is 10.4. The Morgan fingerprint density at radius 1 is 0.789 bits per heavy atom. The maximum Gasteiger partial charge on any atom is 0.135 e. The minimum Gasteiger partial charge on any atom is -0.409 e. The lowest BCUT2D eigenvalue weighted by Gasteiger charge is -1.94. The van der Waals surface area contributed by atoms with Gasteiger partial charge in [-0.3, -0.25) is 0 Å². The SMILES string of the molecule is C/C(N)=N/O.CC(N)=NN.NN=C(N)CC(N)=NN. The summed E-state index contributed by atoms with van der Waals surface area (Å²) in [6.45, 7) is 3.12. The molecule has 0 spiro atoms. The van der Waals surface area contributed by atoms with Crippen molar-refractivity contribution in [1.82, 2.24) is 0 Å². The molecule has 0 fully saturated rings. The van der Waals surface area contributed by atoms with Crippen molar-refractivity contribution in [3.05, 3.63) is 0 Å². The lowest BCUT2D eigenvalue weighted by Crippen LogP contribution is -2.24. The van der Waals surface area contributed by atoms with Gasteiger partial charge in [0.15, 0.2) is 0 Å². The average molecular weight is 277 g/mol. The number of rotatable bonds is 2. The molecule has 12 nitrogen and oxygen atoms in total. The second kappa shape index (κ2) is 15.1. The standard InChI is InChI=1S/C3H10N6.C2H7N3.C2H6N2O/c4-2(8-6)1-3(5)9-7;1-2(3)5-4;1-2(3)4-5/h1,6-7H2,(H2,4,8)(H2,5,9);4H2,1H3,(H2,3,5);5H,1H3,(H2,3,4). The minimum absolute atomic E-state index is 0.185. The summed E-state index contributed by atoms with van der Waals surface area (Å²) >= 11 is 0. The number of amidine groups is 4. The first kappa shape index (κ1) is 21.4. The van der Waals surface area contributed by atoms with Crippen LogP contribution in [0.4, 0.5) is 0 Å². The Kier molecular flexibility index (Phi) is 17.0. The first-order valence-corrected chi connectivity index (χ1v) is 4.73. The molecular weight excluding hydrogens is 254 g/mol. The van der Waals surface area contributed by atoms with Crippen molar-refractivity contribution >= 4 is 23.3 Å². The maximum atomic E-state index is 7.61. The predicted molar refractivity (Wildman–Crippen MR) is 76.8 cm³/mol. The normalized spacial score (nSPS) is 12.7. The zero-order valence-corrected chi connectivity index (χ0v) is 11.0. The molecule has 0 aliphatic heterocycles. The van der Waals surface area contributed by atoms with Crippen LogP contribution in [0.15, 0.2) is 20.5 Å². The van der Waals surface area contributed by atoms with Gasteiger partial charge in [0.2, 0.25) is 0 Å². The summed E-state index contributed by atoms with van der Waals surface area (Å²) in [5, 5.41) is 19.6. The third-order valence-electron chi connectivity index (χ3n) is 1.06. The highest BCUT2D eigenvalue weighted by atomic mass is 16.4. The van der Waals surface area contributed by atoms with Gasteiger partial charge in [-0.2, -0.15) is 15.3 Å². The molecule has 19 heavy (non-hydrogen) atoms. The zero-order chi connectivity index (χ0) is 15.8. The average Bonchev–Trinajstić information content (AvgIpc) is 2.39. The summed E-state index contributed by atoms with van der Waals surface area (Å²) in [4.78, 5) is 0. The molecule has 0 saturated carbocycles. The Hall–Kier alpha value is -2.92. The fraction of sp³-hybridized carbons (Fsp3) is 0.429. The fourth-order valence-corrected chi connectivity index (χ4v) is 0.277. The van der Waals surface area contributed by atoms with E-state index >= 15 is 0 Å². The molecule has 0 saturated heterocycles. The quantitative estimate of drug-likeness (QED) is 0.0837. The van der Waals surface area contributed by atoms with Gasteiger partial charge in [0.25, 0.3) is 0 Å². The van der Waals surface area contributed by atoms with Gasteiger partial charge < -0.3 is 45.7 Å². The van der Waals surface area contributed by atoms with E-state index < -0.39 is 0 Å². The molecular formula is C7H23N11O. The van der Waals surface area contributed by atoms with Gasteiger partial charge in [0.05, 0.1) is 6.42 Å². The van der Waals surface area contributed by atoms with Crippen LogP contribution in [0.5, 0.6) is 0 Å². The van der Waals surface area contributed by atoms with Gasteiger partial charge in [0, 0.05) is 0 Å². The number of hydrogen-bond donors (Lipinski definition) is 8. The zero-order valence-electron chi connectivity index (χ0n) is 11.0. The number of nitrogens with two attached hydrogens (primary N) is 7. The van der Waals surface area contributed by atoms with E-state index in [1.165, 1.54) is 6.92 Å². The number of hydrogen-bond acceptors (Lipinski definition) is 8. The lowest BCUT2D eigenvalue weighted by molar-refractivity contribution is 0.318. The van der Waals surface area contributed by atoms with Crippen molar-refractivity contribution in [2.45, 2.75) is 20.3 Å². The Labute approximate surface area is 111 Å². The monoisotopic (exact) mass is 277 g/mol. The van der Waals surface area contributed by atoms with Gasteiger partial charge in [-0.25, -0.2) is 0 Å². The topological polar surface area (TPSA) is 252 Å². The molecule has 0 amide bonds. The molecule has 0 unspecified atom stereocenters. The highest BCUT2D eigenvalue weighted by Gasteiger charge is 1.94. The van der Waals surface area contributed by atoms with Crippen LogP contribution < -0.4 is 40.5 Å². The minimum atomic E-state index is 0.185. The van der Waals surface area contributed by atoms with Crippen LogP contribution in [-0.4, -0.2) is 28.5 Å². The number of nitrogens with zero attached hydrogens (tertiary/aromatic N) is 4. The van der Waals surface area contributed by atoms with E-state index in [0.717, 1.165) is 0 Å². The summed E-state index contributed by atoms with van der Waals surface area (Å²) in [5.74, 6) is 15.2. The van der Waals surface area contributed by atoms with E-state index in [2.05, 4.69) is 26.3 Å². The van der Waals surface area contributed by atoms with Gasteiger partial charge in [-0.15, -0.1) is 0 Å². The molecule has 0 aliphatic rings. The maximum absolute atomic E-state index is 7.61. The summed E-state index contributed by atoms with van der Waals surface area (Å²) < 4.78 is 0. The van der Waals surface area contributed by atoms with E-state index in [1.807, 2.05) is 0 Å². The van der Waals surface area contributed by atoms with Crippen LogP contribution in [0, 0.1) is 0 Å². The van der Waals surface area contributed by atoms with Crippen LogP contribution in [0.3, 0.4) is 0 Å². The predicted octanol–water partition coefficient (Wildman–Crippen LogP) is -3.17. The Morgan fingerprint density at radius 3 is 1.16 bits per heavy atom. The summed E-state index contributed by atoms with van der Waals surface area (Å²) in [7, 11) is 0. The first-order chi connectivity index (χ1) is 8.74. The van der Waals surface area contributed by atoms with Gasteiger partial charge >= 0.3 is 0 Å². The number of oxime groups is 1. The molecule has 0 rings (SSSR count).